The molecule has 1 aliphatic heterocycles. The van der Waals surface area contributed by atoms with Gasteiger partial charge in [0.15, 0.2) is 0 Å². The summed E-state index contributed by atoms with van der Waals surface area (Å²) >= 11 is 0. The zero-order chi connectivity index (χ0) is 19.3. The summed E-state index contributed by atoms with van der Waals surface area (Å²) < 4.78 is 32.7. The Morgan fingerprint density at radius 3 is 2.73 bits per heavy atom. The third kappa shape index (κ3) is 5.18. The second-order valence-corrected chi connectivity index (χ2v) is 9.04. The number of piperidine rings is 1. The number of hydrogen-bond acceptors (Lipinski definition) is 4. The minimum atomic E-state index is -3.47. The van der Waals surface area contributed by atoms with Crippen LogP contribution in [0.15, 0.2) is 18.2 Å². The number of carbonyl (C=O) groups excluding carboxylic acids is 1. The Kier molecular flexibility index (Phi) is 7.02. The van der Waals surface area contributed by atoms with Gasteiger partial charge in [0.05, 0.1) is 12.5 Å². The zero-order valence-corrected chi connectivity index (χ0v) is 16.8. The molecule has 1 amide bonds. The molecule has 26 heavy (non-hydrogen) atoms. The Bertz CT molecular complexity index is 734. The molecule has 0 saturated carbocycles. The van der Waals surface area contributed by atoms with Gasteiger partial charge < -0.3 is 10.1 Å². The second-order valence-electron chi connectivity index (χ2n) is 6.90. The van der Waals surface area contributed by atoms with Gasteiger partial charge in [-0.1, -0.05) is 17.7 Å². The largest absolute Gasteiger partial charge is 0.491 e. The monoisotopic (exact) mass is 383 g/mol. The molecule has 0 aromatic heterocycles. The van der Waals surface area contributed by atoms with Gasteiger partial charge >= 0.3 is 0 Å². The molecule has 1 fully saturated rings. The summed E-state index contributed by atoms with van der Waals surface area (Å²) in [4.78, 5) is 12.4. The van der Waals surface area contributed by atoms with Crippen molar-refractivity contribution in [3.05, 3.63) is 29.3 Å². The Balaban J connectivity index is 1.80. The molecule has 1 saturated heterocycles. The van der Waals surface area contributed by atoms with E-state index in [0.717, 1.165) is 11.3 Å². The van der Waals surface area contributed by atoms with Gasteiger partial charge in [0.25, 0.3) is 10.2 Å². The van der Waals surface area contributed by atoms with Gasteiger partial charge in [-0.15, -0.1) is 0 Å². The minimum absolute atomic E-state index is 0.118. The lowest BCUT2D eigenvalue weighted by Gasteiger charge is -2.32. The molecule has 1 aliphatic rings. The lowest BCUT2D eigenvalue weighted by molar-refractivity contribution is -0.126. The number of carbonyl (C=O) groups is 1. The van der Waals surface area contributed by atoms with E-state index < -0.39 is 10.2 Å². The highest BCUT2D eigenvalue weighted by atomic mass is 32.2. The van der Waals surface area contributed by atoms with Crippen molar-refractivity contribution in [1.82, 2.24) is 13.9 Å². The molecule has 1 N–H and O–H groups in total. The summed E-state index contributed by atoms with van der Waals surface area (Å²) in [5, 5.41) is 2.86. The molecule has 0 radical (unpaired) electrons. The van der Waals surface area contributed by atoms with Crippen LogP contribution in [-0.2, 0) is 15.0 Å². The predicted molar refractivity (Wildman–Crippen MR) is 101 cm³/mol. The van der Waals surface area contributed by atoms with Crippen molar-refractivity contribution in [1.29, 1.82) is 0 Å². The third-order valence-corrected chi connectivity index (χ3v) is 6.44. The van der Waals surface area contributed by atoms with Crippen LogP contribution in [0.2, 0.25) is 0 Å². The van der Waals surface area contributed by atoms with Crippen LogP contribution >= 0.6 is 0 Å². The molecule has 0 aliphatic carbocycles. The Hall–Kier alpha value is -1.64. The van der Waals surface area contributed by atoms with Crippen LogP contribution in [0.25, 0.3) is 0 Å². The maximum Gasteiger partial charge on any atom is 0.281 e. The number of ether oxygens (including phenoxy) is 1. The topological polar surface area (TPSA) is 79.0 Å². The number of nitrogens with zero attached hydrogens (tertiary/aromatic N) is 2. The standard InChI is InChI=1S/C18H29N3O4S/c1-14-7-8-17(15(2)12-14)25-11-9-19-18(22)16-6-5-10-21(13-16)26(23,24)20(3)4/h7-8,12,16H,5-6,9-11,13H2,1-4H3,(H,19,22). The molecule has 1 aromatic rings. The number of aryl methyl sites for hydroxylation is 2. The average Bonchev–Trinajstić information content (AvgIpc) is 2.60. The number of rotatable bonds is 7. The van der Waals surface area contributed by atoms with Gasteiger partial charge in [-0.3, -0.25) is 4.79 Å². The van der Waals surface area contributed by atoms with Crippen LogP contribution in [0.4, 0.5) is 0 Å². The molecule has 2 rings (SSSR count). The maximum absolute atomic E-state index is 12.4. The van der Waals surface area contributed by atoms with E-state index in [9.17, 15) is 13.2 Å². The fourth-order valence-electron chi connectivity index (χ4n) is 3.04. The zero-order valence-electron chi connectivity index (χ0n) is 16.0. The summed E-state index contributed by atoms with van der Waals surface area (Å²) in [7, 11) is -0.467. The smallest absolute Gasteiger partial charge is 0.281 e. The third-order valence-electron chi connectivity index (χ3n) is 4.53. The van der Waals surface area contributed by atoms with Crippen LogP contribution in [0.3, 0.4) is 0 Å². The molecule has 1 unspecified atom stereocenters. The lowest BCUT2D eigenvalue weighted by Crippen LogP contribution is -2.49. The Morgan fingerprint density at radius 1 is 1.35 bits per heavy atom. The molecule has 0 spiro atoms. The van der Waals surface area contributed by atoms with Crippen molar-refractivity contribution in [3.8, 4) is 5.75 Å². The van der Waals surface area contributed by atoms with Gasteiger partial charge in [0, 0.05) is 27.2 Å². The summed E-state index contributed by atoms with van der Waals surface area (Å²) in [6.07, 6.45) is 1.38. The molecule has 1 heterocycles. The van der Waals surface area contributed by atoms with E-state index in [1.807, 2.05) is 26.0 Å². The minimum Gasteiger partial charge on any atom is -0.491 e. The molecule has 1 atom stereocenters. The molecular weight excluding hydrogens is 354 g/mol. The van der Waals surface area contributed by atoms with Gasteiger partial charge in [-0.25, -0.2) is 0 Å². The predicted octanol–water partition coefficient (Wildman–Crippen LogP) is 1.32. The highest BCUT2D eigenvalue weighted by Gasteiger charge is 2.33. The van der Waals surface area contributed by atoms with Crippen molar-refractivity contribution in [3.63, 3.8) is 0 Å². The van der Waals surface area contributed by atoms with Crippen molar-refractivity contribution in [2.24, 2.45) is 5.92 Å². The van der Waals surface area contributed by atoms with Gasteiger partial charge in [0.2, 0.25) is 5.91 Å². The molecule has 8 heteroatoms. The van der Waals surface area contributed by atoms with Crippen LogP contribution in [0, 0.1) is 19.8 Å². The SMILES string of the molecule is Cc1ccc(OCCNC(=O)C2CCCN(S(=O)(=O)N(C)C)C2)c(C)c1. The lowest BCUT2D eigenvalue weighted by atomic mass is 9.99. The summed E-state index contributed by atoms with van der Waals surface area (Å²) in [5.74, 6) is 0.373. The van der Waals surface area contributed by atoms with Crippen LogP contribution < -0.4 is 10.1 Å². The van der Waals surface area contributed by atoms with E-state index >= 15 is 0 Å². The molecule has 7 nitrogen and oxygen atoms in total. The number of hydrogen-bond donors (Lipinski definition) is 1. The first-order chi connectivity index (χ1) is 12.2. The normalized spacial score (nSPS) is 18.7. The average molecular weight is 384 g/mol. The Labute approximate surface area is 156 Å². The van der Waals surface area contributed by atoms with E-state index in [1.54, 1.807) is 0 Å². The van der Waals surface area contributed by atoms with E-state index in [4.69, 9.17) is 4.74 Å². The second kappa shape index (κ2) is 8.83. The highest BCUT2D eigenvalue weighted by molar-refractivity contribution is 7.86. The number of benzene rings is 1. The maximum atomic E-state index is 12.4. The molecular formula is C18H29N3O4S. The molecule has 0 bridgehead atoms. The summed E-state index contributed by atoms with van der Waals surface area (Å²) in [6.45, 7) is 5.47. The van der Waals surface area contributed by atoms with E-state index in [0.29, 0.717) is 32.5 Å². The van der Waals surface area contributed by atoms with Gasteiger partial charge in [-0.05, 0) is 38.3 Å². The van der Waals surface area contributed by atoms with E-state index in [-0.39, 0.29) is 18.4 Å². The van der Waals surface area contributed by atoms with Crippen LogP contribution in [0.5, 0.6) is 5.75 Å². The van der Waals surface area contributed by atoms with Crippen molar-refractivity contribution in [2.75, 3.05) is 40.3 Å². The number of nitrogens with one attached hydrogen (secondary N) is 1. The fourth-order valence-corrected chi connectivity index (χ4v) is 4.23. The number of amides is 1. The van der Waals surface area contributed by atoms with Crippen LogP contribution in [-0.4, -0.2) is 63.3 Å². The summed E-state index contributed by atoms with van der Waals surface area (Å²) in [5.41, 5.74) is 2.24. The first-order valence-electron chi connectivity index (χ1n) is 8.87. The van der Waals surface area contributed by atoms with Crippen LogP contribution in [0.1, 0.15) is 24.0 Å². The fraction of sp³-hybridized carbons (Fsp3) is 0.611. The molecule has 1 aromatic carbocycles. The van der Waals surface area contributed by atoms with Crippen molar-refractivity contribution in [2.45, 2.75) is 26.7 Å². The van der Waals surface area contributed by atoms with Gasteiger partial charge in [-0.2, -0.15) is 17.0 Å². The van der Waals surface area contributed by atoms with E-state index in [1.165, 1.54) is 28.3 Å². The van der Waals surface area contributed by atoms with E-state index in [2.05, 4.69) is 11.4 Å². The first-order valence-corrected chi connectivity index (χ1v) is 10.3. The van der Waals surface area contributed by atoms with Crippen molar-refractivity contribution < 1.29 is 17.9 Å². The Morgan fingerprint density at radius 2 is 2.08 bits per heavy atom. The first kappa shape index (κ1) is 20.7. The molecule has 146 valence electrons. The quantitative estimate of drug-likeness (QED) is 0.720. The highest BCUT2D eigenvalue weighted by Crippen LogP contribution is 2.21. The van der Waals surface area contributed by atoms with Crippen molar-refractivity contribution >= 4 is 16.1 Å². The summed E-state index contributed by atoms with van der Waals surface area (Å²) in [6, 6.07) is 5.97. The van der Waals surface area contributed by atoms with Gasteiger partial charge in [0.1, 0.15) is 12.4 Å².